The number of ether oxygens (including phenoxy) is 2. The Hall–Kier alpha value is -3.09. The first-order chi connectivity index (χ1) is 12.4. The lowest BCUT2D eigenvalue weighted by molar-refractivity contribution is 0.0690. The summed E-state index contributed by atoms with van der Waals surface area (Å²) in [6.45, 7) is 5.44. The smallest absolute Gasteiger partial charge is 0.354 e. The maximum Gasteiger partial charge on any atom is 0.354 e. The van der Waals surface area contributed by atoms with Crippen LogP contribution < -0.4 is 14.8 Å². The number of rotatable bonds is 5. The van der Waals surface area contributed by atoms with Crippen LogP contribution in [-0.2, 0) is 5.41 Å². The minimum Gasteiger partial charge on any atom is -0.486 e. The molecule has 0 radical (unpaired) electrons. The van der Waals surface area contributed by atoms with Crippen LogP contribution in [0, 0.1) is 0 Å². The Morgan fingerprint density at radius 3 is 2.62 bits per heavy atom. The number of fused-ring (bicyclic) bond motifs is 1. The van der Waals surface area contributed by atoms with E-state index in [1.165, 1.54) is 18.3 Å². The van der Waals surface area contributed by atoms with Crippen LogP contribution in [0.3, 0.4) is 0 Å². The second-order valence-electron chi connectivity index (χ2n) is 6.66. The highest BCUT2D eigenvalue weighted by atomic mass is 16.6. The minimum absolute atomic E-state index is 0.163. The molecular weight excluding hydrogens is 336 g/mol. The number of amides is 1. The first-order valence-corrected chi connectivity index (χ1v) is 8.24. The summed E-state index contributed by atoms with van der Waals surface area (Å²) < 4.78 is 11.1. The highest BCUT2D eigenvalue weighted by molar-refractivity contribution is 5.96. The van der Waals surface area contributed by atoms with Gasteiger partial charge >= 0.3 is 5.97 Å². The molecule has 0 unspecified atom stereocenters. The largest absolute Gasteiger partial charge is 0.486 e. The standard InChI is InChI=1S/C19H20N2O5/c1-19(2,13-3-4-15-16(10-13)26-8-7-25-15)11-21-17(22)12-5-6-20-14(9-12)18(23)24/h3-6,9-10H,7-8,11H2,1-2H3,(H,21,22)(H,23,24). The van der Waals surface area contributed by atoms with E-state index >= 15 is 0 Å². The zero-order chi connectivity index (χ0) is 18.7. The van der Waals surface area contributed by atoms with Gasteiger partial charge in [-0.25, -0.2) is 9.78 Å². The van der Waals surface area contributed by atoms with Crippen LogP contribution >= 0.6 is 0 Å². The average molecular weight is 356 g/mol. The zero-order valence-electron chi connectivity index (χ0n) is 14.6. The fourth-order valence-electron chi connectivity index (χ4n) is 2.66. The van der Waals surface area contributed by atoms with Crippen LogP contribution in [0.4, 0.5) is 0 Å². The number of nitrogens with zero attached hydrogens (tertiary/aromatic N) is 1. The van der Waals surface area contributed by atoms with Gasteiger partial charge in [0.15, 0.2) is 11.5 Å². The Morgan fingerprint density at radius 1 is 1.15 bits per heavy atom. The summed E-state index contributed by atoms with van der Waals surface area (Å²) in [6, 6.07) is 8.49. The quantitative estimate of drug-likeness (QED) is 0.853. The second-order valence-corrected chi connectivity index (χ2v) is 6.66. The molecule has 2 heterocycles. The maximum absolute atomic E-state index is 12.4. The molecule has 26 heavy (non-hydrogen) atoms. The van der Waals surface area contributed by atoms with E-state index in [1.807, 2.05) is 32.0 Å². The number of carboxylic acids is 1. The number of benzene rings is 1. The van der Waals surface area contributed by atoms with Crippen molar-refractivity contribution in [1.29, 1.82) is 0 Å². The highest BCUT2D eigenvalue weighted by Crippen LogP contribution is 2.34. The van der Waals surface area contributed by atoms with Gasteiger partial charge in [-0.1, -0.05) is 19.9 Å². The van der Waals surface area contributed by atoms with E-state index in [-0.39, 0.29) is 22.6 Å². The number of carbonyl (C=O) groups is 2. The van der Waals surface area contributed by atoms with Gasteiger partial charge in [0.05, 0.1) is 0 Å². The second kappa shape index (κ2) is 7.03. The number of aromatic carboxylic acids is 1. The van der Waals surface area contributed by atoms with Crippen LogP contribution in [0.25, 0.3) is 0 Å². The van der Waals surface area contributed by atoms with Gasteiger partial charge < -0.3 is 19.9 Å². The Bertz CT molecular complexity index is 848. The molecule has 1 amide bonds. The van der Waals surface area contributed by atoms with Crippen molar-refractivity contribution in [2.75, 3.05) is 19.8 Å². The molecule has 0 saturated carbocycles. The number of hydrogen-bond acceptors (Lipinski definition) is 5. The highest BCUT2D eigenvalue weighted by Gasteiger charge is 2.24. The molecule has 1 aromatic heterocycles. The lowest BCUT2D eigenvalue weighted by Crippen LogP contribution is -2.36. The summed E-state index contributed by atoms with van der Waals surface area (Å²) in [4.78, 5) is 27.0. The molecule has 2 aromatic rings. The molecule has 1 aromatic carbocycles. The molecule has 7 nitrogen and oxygen atoms in total. The van der Waals surface area contributed by atoms with Crippen LogP contribution in [0.15, 0.2) is 36.5 Å². The maximum atomic E-state index is 12.4. The third-order valence-corrected chi connectivity index (χ3v) is 4.26. The summed E-state index contributed by atoms with van der Waals surface area (Å²) in [7, 11) is 0. The molecule has 0 bridgehead atoms. The van der Waals surface area contributed by atoms with Gasteiger partial charge in [0.2, 0.25) is 0 Å². The third-order valence-electron chi connectivity index (χ3n) is 4.26. The summed E-state index contributed by atoms with van der Waals surface area (Å²) >= 11 is 0. The molecule has 0 fully saturated rings. The van der Waals surface area contributed by atoms with E-state index in [9.17, 15) is 9.59 Å². The molecule has 0 saturated heterocycles. The van der Waals surface area contributed by atoms with Gasteiger partial charge in [-0.3, -0.25) is 4.79 Å². The van der Waals surface area contributed by atoms with Gasteiger partial charge in [0.1, 0.15) is 18.9 Å². The van der Waals surface area contributed by atoms with Crippen LogP contribution in [-0.4, -0.2) is 41.7 Å². The SMILES string of the molecule is CC(C)(CNC(=O)c1ccnc(C(=O)O)c1)c1ccc2c(c1)OCCO2. The molecule has 1 aliphatic heterocycles. The monoisotopic (exact) mass is 356 g/mol. The minimum atomic E-state index is -1.17. The van der Waals surface area contributed by atoms with Crippen LogP contribution in [0.1, 0.15) is 40.3 Å². The van der Waals surface area contributed by atoms with Crippen molar-refractivity contribution < 1.29 is 24.2 Å². The van der Waals surface area contributed by atoms with Crippen molar-refractivity contribution in [1.82, 2.24) is 10.3 Å². The Balaban J connectivity index is 1.70. The first kappa shape index (κ1) is 17.7. The van der Waals surface area contributed by atoms with Crippen molar-refractivity contribution in [2.45, 2.75) is 19.3 Å². The molecule has 7 heteroatoms. The molecular formula is C19H20N2O5. The van der Waals surface area contributed by atoms with Gasteiger partial charge in [0, 0.05) is 23.7 Å². The zero-order valence-corrected chi connectivity index (χ0v) is 14.6. The van der Waals surface area contributed by atoms with Gasteiger partial charge in [-0.2, -0.15) is 0 Å². The van der Waals surface area contributed by atoms with E-state index < -0.39 is 5.97 Å². The Morgan fingerprint density at radius 2 is 1.88 bits per heavy atom. The average Bonchev–Trinajstić information content (AvgIpc) is 2.65. The van der Waals surface area contributed by atoms with Crippen LogP contribution in [0.5, 0.6) is 11.5 Å². The molecule has 1 aliphatic rings. The van der Waals surface area contributed by atoms with Gasteiger partial charge in [-0.15, -0.1) is 0 Å². The number of aromatic nitrogens is 1. The molecule has 0 aliphatic carbocycles. The predicted molar refractivity (Wildman–Crippen MR) is 94.0 cm³/mol. The van der Waals surface area contributed by atoms with Crippen molar-refractivity contribution in [3.05, 3.63) is 53.3 Å². The molecule has 0 atom stereocenters. The van der Waals surface area contributed by atoms with Crippen LogP contribution in [0.2, 0.25) is 0 Å². The molecule has 136 valence electrons. The van der Waals surface area contributed by atoms with E-state index in [0.717, 1.165) is 11.3 Å². The first-order valence-electron chi connectivity index (χ1n) is 8.24. The van der Waals surface area contributed by atoms with E-state index in [4.69, 9.17) is 14.6 Å². The van der Waals surface area contributed by atoms with E-state index in [0.29, 0.717) is 25.5 Å². The van der Waals surface area contributed by atoms with Crippen molar-refractivity contribution in [2.24, 2.45) is 0 Å². The lowest BCUT2D eigenvalue weighted by Gasteiger charge is -2.27. The lowest BCUT2D eigenvalue weighted by atomic mass is 9.84. The summed E-state index contributed by atoms with van der Waals surface area (Å²) in [6.07, 6.45) is 1.31. The third kappa shape index (κ3) is 3.77. The van der Waals surface area contributed by atoms with E-state index in [2.05, 4.69) is 10.3 Å². The number of nitrogens with one attached hydrogen (secondary N) is 1. The van der Waals surface area contributed by atoms with Crippen molar-refractivity contribution in [3.8, 4) is 11.5 Å². The Kier molecular flexibility index (Phi) is 4.79. The van der Waals surface area contributed by atoms with Gasteiger partial charge in [-0.05, 0) is 29.8 Å². The van der Waals surface area contributed by atoms with Crippen molar-refractivity contribution >= 4 is 11.9 Å². The number of carbonyl (C=O) groups excluding carboxylic acids is 1. The predicted octanol–water partition coefficient (Wildman–Crippen LogP) is 2.26. The van der Waals surface area contributed by atoms with Crippen molar-refractivity contribution in [3.63, 3.8) is 0 Å². The molecule has 2 N–H and O–H groups in total. The normalized spacial score (nSPS) is 13.2. The summed E-state index contributed by atoms with van der Waals surface area (Å²) in [5.74, 6) is -0.0945. The topological polar surface area (TPSA) is 97.8 Å². The number of hydrogen-bond donors (Lipinski definition) is 2. The fourth-order valence-corrected chi connectivity index (χ4v) is 2.66. The van der Waals surface area contributed by atoms with Gasteiger partial charge in [0.25, 0.3) is 5.91 Å². The summed E-state index contributed by atoms with van der Waals surface area (Å²) in [5, 5.41) is 11.8. The summed E-state index contributed by atoms with van der Waals surface area (Å²) in [5.41, 5.74) is 0.746. The van der Waals surface area contributed by atoms with E-state index in [1.54, 1.807) is 0 Å². The Labute approximate surface area is 151 Å². The molecule has 0 spiro atoms. The fraction of sp³-hybridized carbons (Fsp3) is 0.316. The molecule has 3 rings (SSSR count). The number of carboxylic acid groups (broad SMARTS) is 1. The number of pyridine rings is 1.